The number of nitrogens with one attached hydrogen (secondary N) is 1. The van der Waals surface area contributed by atoms with Crippen LogP contribution < -0.4 is 5.56 Å². The Morgan fingerprint density at radius 2 is 2.12 bits per heavy atom. The molecular weight excluding hydrogens is 212 g/mol. The van der Waals surface area contributed by atoms with Crippen molar-refractivity contribution in [2.45, 2.75) is 40.5 Å². The van der Waals surface area contributed by atoms with Gasteiger partial charge < -0.3 is 9.38 Å². The Balaban J connectivity index is 2.71. The van der Waals surface area contributed by atoms with Gasteiger partial charge in [-0.05, 0) is 37.3 Å². The zero-order valence-corrected chi connectivity index (χ0v) is 11.0. The molecule has 1 N–H and O–H groups in total. The molecule has 0 aliphatic carbocycles. The summed E-state index contributed by atoms with van der Waals surface area (Å²) in [6, 6.07) is 2.04. The quantitative estimate of drug-likeness (QED) is 0.868. The molecule has 0 aromatic carbocycles. The second-order valence-electron chi connectivity index (χ2n) is 5.09. The van der Waals surface area contributed by atoms with Gasteiger partial charge in [-0.25, -0.2) is 0 Å². The number of hydrogen-bond donors (Lipinski definition) is 1. The third kappa shape index (κ3) is 2.14. The van der Waals surface area contributed by atoms with Crippen LogP contribution in [0.1, 0.15) is 37.7 Å². The minimum absolute atomic E-state index is 0.00899. The van der Waals surface area contributed by atoms with Gasteiger partial charge in [-0.2, -0.15) is 0 Å². The van der Waals surface area contributed by atoms with Crippen LogP contribution in [-0.2, 0) is 12.8 Å². The number of aryl methyl sites for hydroxylation is 2. The van der Waals surface area contributed by atoms with E-state index in [2.05, 4.69) is 25.8 Å². The molecule has 0 radical (unpaired) electrons. The summed E-state index contributed by atoms with van der Waals surface area (Å²) in [5, 5.41) is 0. The van der Waals surface area contributed by atoms with E-state index in [4.69, 9.17) is 0 Å². The molecule has 3 heteroatoms. The molecule has 0 saturated carbocycles. The molecule has 0 saturated heterocycles. The fourth-order valence-electron chi connectivity index (χ4n) is 2.42. The van der Waals surface area contributed by atoms with Crippen molar-refractivity contribution in [1.29, 1.82) is 0 Å². The molecular formula is C14H20N2O. The maximum absolute atomic E-state index is 11.9. The minimum atomic E-state index is 0.00899. The van der Waals surface area contributed by atoms with Gasteiger partial charge in [-0.3, -0.25) is 4.79 Å². The van der Waals surface area contributed by atoms with Gasteiger partial charge in [-0.1, -0.05) is 20.8 Å². The molecule has 2 aromatic heterocycles. The molecule has 0 aliphatic heterocycles. The zero-order valence-electron chi connectivity index (χ0n) is 11.0. The van der Waals surface area contributed by atoms with Gasteiger partial charge in [0.15, 0.2) is 0 Å². The van der Waals surface area contributed by atoms with Gasteiger partial charge in [0.05, 0.1) is 0 Å². The molecule has 2 aromatic rings. The Kier molecular flexibility index (Phi) is 3.09. The summed E-state index contributed by atoms with van der Waals surface area (Å²) in [5.41, 5.74) is 4.25. The molecule has 0 unspecified atom stereocenters. The number of fused-ring (bicyclic) bond motifs is 1. The molecule has 0 aliphatic rings. The number of aromatic amines is 1. The summed E-state index contributed by atoms with van der Waals surface area (Å²) in [4.78, 5) is 14.7. The van der Waals surface area contributed by atoms with Gasteiger partial charge in [0.2, 0.25) is 0 Å². The summed E-state index contributed by atoms with van der Waals surface area (Å²) in [6.45, 7) is 8.47. The topological polar surface area (TPSA) is 37.3 Å². The molecule has 2 heterocycles. The van der Waals surface area contributed by atoms with E-state index >= 15 is 0 Å². The Morgan fingerprint density at radius 1 is 1.41 bits per heavy atom. The van der Waals surface area contributed by atoms with Crippen LogP contribution in [0.3, 0.4) is 0 Å². The van der Waals surface area contributed by atoms with Crippen LogP contribution in [0.2, 0.25) is 0 Å². The van der Waals surface area contributed by atoms with Gasteiger partial charge in [-0.15, -0.1) is 0 Å². The number of nitrogens with zero attached hydrogens (tertiary/aromatic N) is 1. The fourth-order valence-corrected chi connectivity index (χ4v) is 2.42. The Bertz CT molecular complexity index is 590. The van der Waals surface area contributed by atoms with Crippen molar-refractivity contribution >= 4 is 5.52 Å². The highest BCUT2D eigenvalue weighted by molar-refractivity contribution is 5.52. The van der Waals surface area contributed by atoms with Crippen molar-refractivity contribution in [3.63, 3.8) is 0 Å². The van der Waals surface area contributed by atoms with Crippen LogP contribution in [-0.4, -0.2) is 9.38 Å². The summed E-state index contributed by atoms with van der Waals surface area (Å²) in [7, 11) is 0. The largest absolute Gasteiger partial charge is 0.323 e. The number of hydrogen-bond acceptors (Lipinski definition) is 1. The van der Waals surface area contributed by atoms with E-state index in [1.165, 1.54) is 11.3 Å². The highest BCUT2D eigenvalue weighted by Gasteiger charge is 2.12. The molecule has 0 bridgehead atoms. The predicted molar refractivity (Wildman–Crippen MR) is 70.7 cm³/mol. The van der Waals surface area contributed by atoms with E-state index < -0.39 is 0 Å². The first kappa shape index (κ1) is 12.0. The van der Waals surface area contributed by atoms with Crippen molar-refractivity contribution in [3.05, 3.63) is 39.6 Å². The lowest BCUT2D eigenvalue weighted by molar-refractivity contribution is 0.642. The summed E-state index contributed by atoms with van der Waals surface area (Å²) in [5.74, 6) is 0.609. The molecule has 17 heavy (non-hydrogen) atoms. The van der Waals surface area contributed by atoms with Crippen molar-refractivity contribution < 1.29 is 0 Å². The van der Waals surface area contributed by atoms with E-state index in [0.29, 0.717) is 5.92 Å². The summed E-state index contributed by atoms with van der Waals surface area (Å²) < 4.78 is 2.05. The molecule has 3 nitrogen and oxygen atoms in total. The van der Waals surface area contributed by atoms with Crippen LogP contribution in [0, 0.1) is 12.8 Å². The van der Waals surface area contributed by atoms with Crippen LogP contribution in [0.25, 0.3) is 5.52 Å². The number of aromatic nitrogens is 2. The molecule has 0 fully saturated rings. The van der Waals surface area contributed by atoms with E-state index in [1.54, 1.807) is 0 Å². The Labute approximate surface area is 101 Å². The van der Waals surface area contributed by atoms with Crippen LogP contribution in [0.4, 0.5) is 0 Å². The standard InChI is InChI=1S/C14H20N2O/c1-5-12-11(6-9(2)3)7-13-14(17)15-10(4)8-16(12)13/h7-9H,5-6H2,1-4H3,(H,15,17). The maximum Gasteiger partial charge on any atom is 0.272 e. The van der Waals surface area contributed by atoms with E-state index in [0.717, 1.165) is 24.1 Å². The first-order chi connectivity index (χ1) is 8.02. The third-order valence-electron chi connectivity index (χ3n) is 3.06. The number of rotatable bonds is 3. The molecule has 2 rings (SSSR count). The molecule has 0 spiro atoms. The van der Waals surface area contributed by atoms with Gasteiger partial charge in [0, 0.05) is 17.6 Å². The SMILES string of the molecule is CCc1c(CC(C)C)cc2c(=O)[nH]c(C)cn12. The summed E-state index contributed by atoms with van der Waals surface area (Å²) >= 11 is 0. The van der Waals surface area contributed by atoms with Crippen molar-refractivity contribution in [2.24, 2.45) is 5.92 Å². The van der Waals surface area contributed by atoms with E-state index in [-0.39, 0.29) is 5.56 Å². The first-order valence-corrected chi connectivity index (χ1v) is 6.25. The van der Waals surface area contributed by atoms with Gasteiger partial charge >= 0.3 is 0 Å². The normalized spacial score (nSPS) is 11.6. The average Bonchev–Trinajstić information content (AvgIpc) is 2.54. The van der Waals surface area contributed by atoms with Crippen LogP contribution in [0.5, 0.6) is 0 Å². The first-order valence-electron chi connectivity index (χ1n) is 6.25. The van der Waals surface area contributed by atoms with Crippen molar-refractivity contribution in [3.8, 4) is 0 Å². The third-order valence-corrected chi connectivity index (χ3v) is 3.06. The second kappa shape index (κ2) is 4.40. The van der Waals surface area contributed by atoms with Crippen molar-refractivity contribution in [2.75, 3.05) is 0 Å². The molecule has 92 valence electrons. The van der Waals surface area contributed by atoms with Gasteiger partial charge in [0.1, 0.15) is 5.52 Å². The zero-order chi connectivity index (χ0) is 12.6. The number of H-pyrrole nitrogens is 1. The lowest BCUT2D eigenvalue weighted by atomic mass is 10.0. The van der Waals surface area contributed by atoms with E-state index in [1.807, 2.05) is 23.6 Å². The van der Waals surface area contributed by atoms with Crippen molar-refractivity contribution in [1.82, 2.24) is 9.38 Å². The second-order valence-corrected chi connectivity index (χ2v) is 5.09. The van der Waals surface area contributed by atoms with Crippen LogP contribution >= 0.6 is 0 Å². The average molecular weight is 232 g/mol. The maximum atomic E-state index is 11.9. The lowest BCUT2D eigenvalue weighted by Gasteiger charge is -2.06. The van der Waals surface area contributed by atoms with Crippen LogP contribution in [0.15, 0.2) is 17.1 Å². The monoisotopic (exact) mass is 232 g/mol. The lowest BCUT2D eigenvalue weighted by Crippen LogP contribution is -2.11. The highest BCUT2D eigenvalue weighted by Crippen LogP contribution is 2.18. The predicted octanol–water partition coefficient (Wildman–Crippen LogP) is 2.70. The highest BCUT2D eigenvalue weighted by atomic mass is 16.1. The molecule has 0 atom stereocenters. The Morgan fingerprint density at radius 3 is 2.71 bits per heavy atom. The molecule has 0 amide bonds. The van der Waals surface area contributed by atoms with E-state index in [9.17, 15) is 4.79 Å². The Hall–Kier alpha value is -1.51. The minimum Gasteiger partial charge on any atom is -0.323 e. The fraction of sp³-hybridized carbons (Fsp3) is 0.500. The smallest absolute Gasteiger partial charge is 0.272 e. The van der Waals surface area contributed by atoms with Gasteiger partial charge in [0.25, 0.3) is 5.56 Å². The summed E-state index contributed by atoms with van der Waals surface area (Å²) in [6.07, 6.45) is 4.00.